The summed E-state index contributed by atoms with van der Waals surface area (Å²) in [6.45, 7) is 3.27. The Labute approximate surface area is 114 Å². The lowest BCUT2D eigenvalue weighted by molar-refractivity contribution is -0.125. The fraction of sp³-hybridized carbons (Fsp3) is 0.571. The van der Waals surface area contributed by atoms with Crippen LogP contribution in [0.25, 0.3) is 0 Å². The molecule has 5 nitrogen and oxygen atoms in total. The number of nitrogens with zero attached hydrogens (tertiary/aromatic N) is 2. The maximum atomic E-state index is 12.1. The van der Waals surface area contributed by atoms with Crippen LogP contribution in [0.4, 0.5) is 0 Å². The molecule has 5 heteroatoms. The van der Waals surface area contributed by atoms with Crippen LogP contribution in [-0.2, 0) is 16.1 Å². The topological polar surface area (TPSA) is 54.5 Å². The number of rotatable bonds is 4. The van der Waals surface area contributed by atoms with Gasteiger partial charge in [-0.05, 0) is 32.0 Å². The zero-order valence-corrected chi connectivity index (χ0v) is 11.7. The van der Waals surface area contributed by atoms with Gasteiger partial charge in [0.05, 0.1) is 12.1 Å². The summed E-state index contributed by atoms with van der Waals surface area (Å²) in [5.74, 6) is 0.0580. The molecule has 19 heavy (non-hydrogen) atoms. The van der Waals surface area contributed by atoms with Gasteiger partial charge in [0.1, 0.15) is 0 Å². The number of nitrogens with one attached hydrogen (secondary N) is 1. The van der Waals surface area contributed by atoms with Gasteiger partial charge >= 0.3 is 0 Å². The molecule has 1 amide bonds. The van der Waals surface area contributed by atoms with Gasteiger partial charge in [-0.15, -0.1) is 0 Å². The van der Waals surface area contributed by atoms with Crippen LogP contribution in [0.5, 0.6) is 0 Å². The van der Waals surface area contributed by atoms with Gasteiger partial charge in [-0.3, -0.25) is 14.7 Å². The second-order valence-electron chi connectivity index (χ2n) is 5.07. The van der Waals surface area contributed by atoms with Gasteiger partial charge in [0.25, 0.3) is 0 Å². The number of aryl methyl sites for hydroxylation is 1. The first kappa shape index (κ1) is 14.0. The summed E-state index contributed by atoms with van der Waals surface area (Å²) < 4.78 is 5.31. The van der Waals surface area contributed by atoms with E-state index >= 15 is 0 Å². The van der Waals surface area contributed by atoms with Crippen molar-refractivity contribution in [2.75, 3.05) is 20.7 Å². The lowest BCUT2D eigenvalue weighted by atomic mass is 10.2. The molecule has 104 valence electrons. The van der Waals surface area contributed by atoms with Crippen molar-refractivity contribution in [2.24, 2.45) is 0 Å². The van der Waals surface area contributed by atoms with Crippen LogP contribution >= 0.6 is 0 Å². The highest BCUT2D eigenvalue weighted by Gasteiger charge is 2.34. The molecule has 0 bridgehead atoms. The molecule has 2 heterocycles. The number of methoxy groups -OCH3 is 1. The highest BCUT2D eigenvalue weighted by atomic mass is 16.5. The average molecular weight is 263 g/mol. The third-order valence-electron chi connectivity index (χ3n) is 3.59. The van der Waals surface area contributed by atoms with E-state index in [-0.39, 0.29) is 18.1 Å². The predicted octanol–water partition coefficient (Wildman–Crippen LogP) is 0.725. The van der Waals surface area contributed by atoms with E-state index in [9.17, 15) is 4.79 Å². The van der Waals surface area contributed by atoms with E-state index in [1.807, 2.05) is 31.0 Å². The summed E-state index contributed by atoms with van der Waals surface area (Å²) >= 11 is 0. The zero-order chi connectivity index (χ0) is 13.8. The Morgan fingerprint density at radius 1 is 1.58 bits per heavy atom. The number of likely N-dealkylation sites (tertiary alicyclic amines) is 1. The summed E-state index contributed by atoms with van der Waals surface area (Å²) in [7, 11) is 3.65. The second kappa shape index (κ2) is 6.12. The minimum atomic E-state index is -0.0941. The fourth-order valence-corrected chi connectivity index (χ4v) is 2.34. The van der Waals surface area contributed by atoms with Gasteiger partial charge in [-0.2, -0.15) is 0 Å². The lowest BCUT2D eigenvalue weighted by Gasteiger charge is -2.18. The summed E-state index contributed by atoms with van der Waals surface area (Å²) in [5.41, 5.74) is 2.00. The number of carbonyl (C=O) groups is 1. The summed E-state index contributed by atoms with van der Waals surface area (Å²) in [5, 5.41) is 2.96. The van der Waals surface area contributed by atoms with Gasteiger partial charge in [-0.1, -0.05) is 6.07 Å². The maximum Gasteiger partial charge on any atom is 0.237 e. The van der Waals surface area contributed by atoms with Crippen LogP contribution in [0.1, 0.15) is 17.7 Å². The summed E-state index contributed by atoms with van der Waals surface area (Å²) in [6, 6.07) is 3.84. The van der Waals surface area contributed by atoms with Crippen LogP contribution < -0.4 is 5.32 Å². The number of hydrogen-bond donors (Lipinski definition) is 1. The summed E-state index contributed by atoms with van der Waals surface area (Å²) in [6.07, 6.45) is 2.71. The molecule has 1 aliphatic heterocycles. The van der Waals surface area contributed by atoms with Crippen molar-refractivity contribution in [2.45, 2.75) is 32.0 Å². The Balaban J connectivity index is 1.86. The molecule has 0 aliphatic carbocycles. The standard InChI is InChI=1S/C14H21N3O2/c1-10-4-5-11(7-15-10)8-16-14(18)13-6-12(19-3)9-17(13)2/h4-5,7,12-13H,6,8-9H2,1-3H3,(H,16,18)/t12-,13-/m0/s1. The van der Waals surface area contributed by atoms with Crippen molar-refractivity contribution in [1.82, 2.24) is 15.2 Å². The van der Waals surface area contributed by atoms with Crippen LogP contribution in [0.2, 0.25) is 0 Å². The molecular formula is C14H21N3O2. The van der Waals surface area contributed by atoms with Crippen LogP contribution in [0.3, 0.4) is 0 Å². The number of likely N-dealkylation sites (N-methyl/N-ethyl adjacent to an activating group) is 1. The van der Waals surface area contributed by atoms with E-state index in [0.717, 1.165) is 24.2 Å². The molecule has 1 aromatic rings. The first-order chi connectivity index (χ1) is 9.10. The molecule has 1 N–H and O–H groups in total. The first-order valence-electron chi connectivity index (χ1n) is 6.52. The van der Waals surface area contributed by atoms with Crippen molar-refractivity contribution < 1.29 is 9.53 Å². The summed E-state index contributed by atoms with van der Waals surface area (Å²) in [4.78, 5) is 18.4. The van der Waals surface area contributed by atoms with Gasteiger partial charge < -0.3 is 10.1 Å². The lowest BCUT2D eigenvalue weighted by Crippen LogP contribution is -2.41. The van der Waals surface area contributed by atoms with E-state index < -0.39 is 0 Å². The molecule has 1 fully saturated rings. The Morgan fingerprint density at radius 2 is 2.37 bits per heavy atom. The van der Waals surface area contributed by atoms with Crippen LogP contribution in [-0.4, -0.2) is 48.6 Å². The second-order valence-corrected chi connectivity index (χ2v) is 5.07. The molecule has 1 aromatic heterocycles. The van der Waals surface area contributed by atoms with Crippen molar-refractivity contribution >= 4 is 5.91 Å². The minimum absolute atomic E-state index is 0.0580. The molecule has 0 radical (unpaired) electrons. The number of pyridine rings is 1. The molecule has 2 rings (SSSR count). The number of hydrogen-bond acceptors (Lipinski definition) is 4. The highest BCUT2D eigenvalue weighted by molar-refractivity contribution is 5.82. The van der Waals surface area contributed by atoms with Crippen molar-refractivity contribution in [3.05, 3.63) is 29.6 Å². The number of ether oxygens (including phenoxy) is 1. The third kappa shape index (κ3) is 3.52. The maximum absolute atomic E-state index is 12.1. The molecule has 1 aliphatic rings. The average Bonchev–Trinajstić information content (AvgIpc) is 2.79. The van der Waals surface area contributed by atoms with E-state index in [0.29, 0.717) is 6.54 Å². The van der Waals surface area contributed by atoms with Gasteiger partial charge in [-0.25, -0.2) is 0 Å². The predicted molar refractivity (Wildman–Crippen MR) is 72.7 cm³/mol. The molecular weight excluding hydrogens is 242 g/mol. The fourth-order valence-electron chi connectivity index (χ4n) is 2.34. The molecule has 0 saturated carbocycles. The van der Waals surface area contributed by atoms with Crippen LogP contribution in [0.15, 0.2) is 18.3 Å². The zero-order valence-electron chi connectivity index (χ0n) is 11.7. The van der Waals surface area contributed by atoms with E-state index in [1.165, 1.54) is 0 Å². The van der Waals surface area contributed by atoms with Crippen molar-refractivity contribution in [3.8, 4) is 0 Å². The molecule has 0 aromatic carbocycles. The van der Waals surface area contributed by atoms with Gasteiger partial charge in [0, 0.05) is 32.1 Å². The molecule has 0 unspecified atom stereocenters. The highest BCUT2D eigenvalue weighted by Crippen LogP contribution is 2.18. The first-order valence-corrected chi connectivity index (χ1v) is 6.52. The Kier molecular flexibility index (Phi) is 4.50. The molecule has 2 atom stereocenters. The van der Waals surface area contributed by atoms with Crippen molar-refractivity contribution in [3.63, 3.8) is 0 Å². The van der Waals surface area contributed by atoms with E-state index in [1.54, 1.807) is 13.3 Å². The molecule has 1 saturated heterocycles. The normalized spacial score (nSPS) is 23.5. The number of amides is 1. The Morgan fingerprint density at radius 3 is 2.95 bits per heavy atom. The van der Waals surface area contributed by atoms with Gasteiger partial charge in [0.15, 0.2) is 0 Å². The largest absolute Gasteiger partial charge is 0.380 e. The minimum Gasteiger partial charge on any atom is -0.380 e. The van der Waals surface area contributed by atoms with Crippen LogP contribution in [0, 0.1) is 6.92 Å². The number of aromatic nitrogens is 1. The molecule has 0 spiro atoms. The monoisotopic (exact) mass is 263 g/mol. The number of carbonyl (C=O) groups excluding carboxylic acids is 1. The SMILES string of the molecule is CO[C@H]1C[C@@H](C(=O)NCc2ccc(C)nc2)N(C)C1. The van der Waals surface area contributed by atoms with Crippen molar-refractivity contribution in [1.29, 1.82) is 0 Å². The third-order valence-corrected chi connectivity index (χ3v) is 3.59. The van der Waals surface area contributed by atoms with Gasteiger partial charge in [0.2, 0.25) is 5.91 Å². The van der Waals surface area contributed by atoms with E-state index in [4.69, 9.17) is 4.74 Å². The Hall–Kier alpha value is -1.46. The quantitative estimate of drug-likeness (QED) is 0.870. The smallest absolute Gasteiger partial charge is 0.237 e. The van der Waals surface area contributed by atoms with E-state index in [2.05, 4.69) is 10.3 Å². The Bertz CT molecular complexity index is 433.